The molecule has 1 unspecified atom stereocenters. The fourth-order valence-electron chi connectivity index (χ4n) is 3.42. The highest BCUT2D eigenvalue weighted by atomic mass is 16.5. The summed E-state index contributed by atoms with van der Waals surface area (Å²) in [5, 5.41) is 9.59. The van der Waals surface area contributed by atoms with E-state index in [2.05, 4.69) is 0 Å². The van der Waals surface area contributed by atoms with Gasteiger partial charge in [0.05, 0.1) is 20.8 Å². The first kappa shape index (κ1) is 20.0. The lowest BCUT2D eigenvalue weighted by Crippen LogP contribution is -2.52. The Kier molecular flexibility index (Phi) is 6.85. The summed E-state index contributed by atoms with van der Waals surface area (Å²) in [7, 11) is 4.64. The van der Waals surface area contributed by atoms with Gasteiger partial charge in [0.1, 0.15) is 5.41 Å². The van der Waals surface area contributed by atoms with Gasteiger partial charge in [-0.15, -0.1) is 0 Å². The number of aryl methyl sites for hydroxylation is 1. The van der Waals surface area contributed by atoms with E-state index in [-0.39, 0.29) is 19.1 Å². The van der Waals surface area contributed by atoms with Crippen molar-refractivity contribution in [3.63, 3.8) is 0 Å². The summed E-state index contributed by atoms with van der Waals surface area (Å²) in [5.74, 6) is 0.322. The Bertz CT molecular complexity index is 643. The molecule has 1 aromatic carbocycles. The highest BCUT2D eigenvalue weighted by molar-refractivity contribution is 5.80. The quantitative estimate of drug-likeness (QED) is 0.758. The fraction of sp³-hybridized carbons (Fsp3) is 0.579. The number of hydrogen-bond donors (Lipinski definition) is 1. The van der Waals surface area contributed by atoms with Gasteiger partial charge in [-0.2, -0.15) is 0 Å². The van der Waals surface area contributed by atoms with Gasteiger partial charge >= 0.3 is 5.97 Å². The van der Waals surface area contributed by atoms with Crippen molar-refractivity contribution in [3.05, 3.63) is 23.8 Å². The Labute approximate surface area is 153 Å². The molecular weight excluding hydrogens is 338 g/mol. The van der Waals surface area contributed by atoms with E-state index < -0.39 is 11.4 Å². The minimum Gasteiger partial charge on any atom is -0.493 e. The lowest BCUT2D eigenvalue weighted by atomic mass is 9.80. The Morgan fingerprint density at radius 1 is 1.19 bits per heavy atom. The number of rotatable bonds is 8. The summed E-state index contributed by atoms with van der Waals surface area (Å²) in [6, 6.07) is 5.57. The number of hydrogen-bond acceptors (Lipinski definition) is 5. The minimum atomic E-state index is -1.01. The monoisotopic (exact) mass is 365 g/mol. The van der Waals surface area contributed by atoms with Crippen LogP contribution in [0.5, 0.6) is 11.5 Å². The number of benzene rings is 1. The van der Waals surface area contributed by atoms with Gasteiger partial charge < -0.3 is 24.2 Å². The SMILES string of the molecule is COCC1(C(=O)O)CCCN(C(=O)CCc2ccc(OC)c(OC)c2)C1. The lowest BCUT2D eigenvalue weighted by Gasteiger charge is -2.39. The van der Waals surface area contributed by atoms with Crippen molar-refractivity contribution in [2.75, 3.05) is 41.0 Å². The van der Waals surface area contributed by atoms with Crippen LogP contribution in [0.2, 0.25) is 0 Å². The summed E-state index contributed by atoms with van der Waals surface area (Å²) < 4.78 is 15.6. The molecule has 0 spiro atoms. The topological polar surface area (TPSA) is 85.3 Å². The average molecular weight is 365 g/mol. The van der Waals surface area contributed by atoms with Crippen molar-refractivity contribution < 1.29 is 28.9 Å². The molecule has 1 atom stereocenters. The van der Waals surface area contributed by atoms with Gasteiger partial charge in [0.2, 0.25) is 5.91 Å². The van der Waals surface area contributed by atoms with E-state index in [1.165, 1.54) is 7.11 Å². The third-order valence-corrected chi connectivity index (χ3v) is 4.88. The molecule has 144 valence electrons. The molecule has 0 saturated carbocycles. The zero-order valence-electron chi connectivity index (χ0n) is 15.6. The number of carbonyl (C=O) groups is 2. The molecule has 0 bridgehead atoms. The van der Waals surface area contributed by atoms with Crippen LogP contribution in [0.15, 0.2) is 18.2 Å². The van der Waals surface area contributed by atoms with Crippen LogP contribution in [0.25, 0.3) is 0 Å². The first-order chi connectivity index (χ1) is 12.5. The predicted molar refractivity (Wildman–Crippen MR) is 95.6 cm³/mol. The molecule has 1 N–H and O–H groups in total. The number of amides is 1. The second-order valence-corrected chi connectivity index (χ2v) is 6.63. The Morgan fingerprint density at radius 2 is 1.92 bits per heavy atom. The third-order valence-electron chi connectivity index (χ3n) is 4.88. The van der Waals surface area contributed by atoms with Crippen molar-refractivity contribution in [1.29, 1.82) is 0 Å². The van der Waals surface area contributed by atoms with Crippen LogP contribution in [0.1, 0.15) is 24.8 Å². The second kappa shape index (κ2) is 8.89. The summed E-state index contributed by atoms with van der Waals surface area (Å²) in [6.07, 6.45) is 2.06. The van der Waals surface area contributed by atoms with Gasteiger partial charge in [0.25, 0.3) is 0 Å². The molecule has 26 heavy (non-hydrogen) atoms. The van der Waals surface area contributed by atoms with Crippen LogP contribution in [0.3, 0.4) is 0 Å². The van der Waals surface area contributed by atoms with Crippen molar-refractivity contribution >= 4 is 11.9 Å². The molecule has 1 aliphatic heterocycles. The van der Waals surface area contributed by atoms with Crippen LogP contribution in [-0.2, 0) is 20.7 Å². The predicted octanol–water partition coefficient (Wildman–Crippen LogP) is 1.98. The molecule has 2 rings (SSSR count). The molecule has 0 aromatic heterocycles. The molecule has 1 aliphatic rings. The Hall–Kier alpha value is -2.28. The average Bonchev–Trinajstić information content (AvgIpc) is 2.66. The van der Waals surface area contributed by atoms with Crippen molar-refractivity contribution in [2.24, 2.45) is 5.41 Å². The molecule has 7 heteroatoms. The molecule has 1 heterocycles. The zero-order chi connectivity index (χ0) is 19.2. The maximum atomic E-state index is 12.6. The minimum absolute atomic E-state index is 0.0405. The molecule has 0 aliphatic carbocycles. The second-order valence-electron chi connectivity index (χ2n) is 6.63. The first-order valence-electron chi connectivity index (χ1n) is 8.67. The van der Waals surface area contributed by atoms with Crippen molar-refractivity contribution in [3.8, 4) is 11.5 Å². The molecule has 7 nitrogen and oxygen atoms in total. The lowest BCUT2D eigenvalue weighted by molar-refractivity contribution is -0.159. The van der Waals surface area contributed by atoms with E-state index in [1.54, 1.807) is 19.1 Å². The fourth-order valence-corrected chi connectivity index (χ4v) is 3.42. The van der Waals surface area contributed by atoms with E-state index in [4.69, 9.17) is 14.2 Å². The normalized spacial score (nSPS) is 19.9. The highest BCUT2D eigenvalue weighted by Gasteiger charge is 2.43. The number of carbonyl (C=O) groups excluding carboxylic acids is 1. The maximum Gasteiger partial charge on any atom is 0.313 e. The van der Waals surface area contributed by atoms with Gasteiger partial charge in [0.15, 0.2) is 11.5 Å². The number of carboxylic acids is 1. The number of aliphatic carboxylic acids is 1. The van der Waals surface area contributed by atoms with Crippen molar-refractivity contribution in [1.82, 2.24) is 4.90 Å². The number of methoxy groups -OCH3 is 3. The van der Waals surface area contributed by atoms with Crippen LogP contribution in [0.4, 0.5) is 0 Å². The van der Waals surface area contributed by atoms with Crippen LogP contribution < -0.4 is 9.47 Å². The van der Waals surface area contributed by atoms with Gasteiger partial charge in [0, 0.05) is 26.6 Å². The molecule has 1 fully saturated rings. The number of likely N-dealkylation sites (tertiary alicyclic amines) is 1. The van der Waals surface area contributed by atoms with Gasteiger partial charge in [-0.25, -0.2) is 0 Å². The molecule has 1 amide bonds. The zero-order valence-corrected chi connectivity index (χ0v) is 15.6. The van der Waals surface area contributed by atoms with E-state index in [0.717, 1.165) is 5.56 Å². The van der Waals surface area contributed by atoms with Crippen LogP contribution >= 0.6 is 0 Å². The molecule has 0 radical (unpaired) electrons. The van der Waals surface area contributed by atoms with E-state index in [0.29, 0.717) is 43.7 Å². The third kappa shape index (κ3) is 4.46. The summed E-state index contributed by atoms with van der Waals surface area (Å²) >= 11 is 0. The number of piperidine rings is 1. The van der Waals surface area contributed by atoms with E-state index in [9.17, 15) is 14.7 Å². The number of ether oxygens (including phenoxy) is 3. The van der Waals surface area contributed by atoms with Gasteiger partial charge in [-0.05, 0) is 37.0 Å². The Morgan fingerprint density at radius 3 is 2.54 bits per heavy atom. The largest absolute Gasteiger partial charge is 0.493 e. The van der Waals surface area contributed by atoms with Crippen LogP contribution in [-0.4, -0.2) is 62.9 Å². The van der Waals surface area contributed by atoms with Crippen molar-refractivity contribution in [2.45, 2.75) is 25.7 Å². The van der Waals surface area contributed by atoms with Gasteiger partial charge in [-0.3, -0.25) is 9.59 Å². The molecule has 1 aromatic rings. The molecule has 1 saturated heterocycles. The first-order valence-corrected chi connectivity index (χ1v) is 8.67. The standard InChI is InChI=1S/C19H27NO6/c1-24-13-19(18(22)23)9-4-10-20(12-19)17(21)8-6-14-5-7-15(25-2)16(11-14)26-3/h5,7,11H,4,6,8-10,12-13H2,1-3H3,(H,22,23). The molecular formula is C19H27NO6. The summed E-state index contributed by atoms with van der Waals surface area (Å²) in [6.45, 7) is 0.895. The van der Waals surface area contributed by atoms with E-state index in [1.807, 2.05) is 18.2 Å². The highest BCUT2D eigenvalue weighted by Crippen LogP contribution is 2.32. The Balaban J connectivity index is 2.00. The maximum absolute atomic E-state index is 12.6. The number of carboxylic acid groups (broad SMARTS) is 1. The number of nitrogens with zero attached hydrogens (tertiary/aromatic N) is 1. The summed E-state index contributed by atoms with van der Waals surface area (Å²) in [4.78, 5) is 26.0. The van der Waals surface area contributed by atoms with E-state index >= 15 is 0 Å². The summed E-state index contributed by atoms with van der Waals surface area (Å²) in [5.41, 5.74) is -0.0409. The van der Waals surface area contributed by atoms with Gasteiger partial charge in [-0.1, -0.05) is 6.07 Å². The smallest absolute Gasteiger partial charge is 0.313 e. The van der Waals surface area contributed by atoms with Crippen LogP contribution in [0, 0.1) is 5.41 Å².